The Bertz CT molecular complexity index is 796. The highest BCUT2D eigenvalue weighted by Crippen LogP contribution is 2.34. The predicted octanol–water partition coefficient (Wildman–Crippen LogP) is 1.59. The van der Waals surface area contributed by atoms with Crippen LogP contribution in [-0.2, 0) is 10.0 Å². The highest BCUT2D eigenvalue weighted by atomic mass is 32.2. The van der Waals surface area contributed by atoms with Crippen molar-refractivity contribution in [1.82, 2.24) is 24.4 Å². The molecular formula is C15H19N5O3S. The van der Waals surface area contributed by atoms with Crippen LogP contribution in [0.25, 0.3) is 11.5 Å². The van der Waals surface area contributed by atoms with Gasteiger partial charge in [-0.25, -0.2) is 13.4 Å². The van der Waals surface area contributed by atoms with E-state index >= 15 is 0 Å². The highest BCUT2D eigenvalue weighted by molar-refractivity contribution is 7.89. The van der Waals surface area contributed by atoms with Crippen molar-refractivity contribution >= 4 is 10.0 Å². The van der Waals surface area contributed by atoms with Gasteiger partial charge in [0.2, 0.25) is 21.7 Å². The van der Waals surface area contributed by atoms with Crippen LogP contribution in [0.15, 0.2) is 23.1 Å². The fourth-order valence-electron chi connectivity index (χ4n) is 3.30. The average molecular weight is 349 g/mol. The molecule has 3 heterocycles. The van der Waals surface area contributed by atoms with Crippen LogP contribution in [-0.4, -0.2) is 51.2 Å². The van der Waals surface area contributed by atoms with Crippen molar-refractivity contribution in [2.24, 2.45) is 0 Å². The van der Waals surface area contributed by atoms with Crippen LogP contribution in [0.1, 0.15) is 43.9 Å². The highest BCUT2D eigenvalue weighted by Gasteiger charge is 2.43. The lowest BCUT2D eigenvalue weighted by Gasteiger charge is -2.39. The lowest BCUT2D eigenvalue weighted by Crippen LogP contribution is -2.52. The van der Waals surface area contributed by atoms with Gasteiger partial charge in [-0.3, -0.25) is 4.98 Å². The summed E-state index contributed by atoms with van der Waals surface area (Å²) in [5.41, 5.74) is 0.540. The van der Waals surface area contributed by atoms with Crippen molar-refractivity contribution in [3.63, 3.8) is 0 Å². The Balaban J connectivity index is 1.42. The molecule has 24 heavy (non-hydrogen) atoms. The summed E-state index contributed by atoms with van der Waals surface area (Å²) in [6, 6.07) is 0. The largest absolute Gasteiger partial charge is 0.339 e. The Hall–Kier alpha value is -1.87. The average Bonchev–Trinajstić information content (AvgIpc) is 3.04. The minimum atomic E-state index is -3.19. The lowest BCUT2D eigenvalue weighted by molar-refractivity contribution is 0.213. The first-order valence-corrected chi connectivity index (χ1v) is 9.74. The molecule has 9 heteroatoms. The zero-order valence-corrected chi connectivity index (χ0v) is 14.0. The third kappa shape index (κ3) is 2.82. The fourth-order valence-corrected chi connectivity index (χ4v) is 5.42. The molecular weight excluding hydrogens is 330 g/mol. The van der Waals surface area contributed by atoms with Crippen LogP contribution in [0.5, 0.6) is 0 Å². The van der Waals surface area contributed by atoms with Crippen molar-refractivity contribution in [3.05, 3.63) is 24.5 Å². The standard InChI is InChI=1S/C15H19N5O3S/c21-24(22,12-4-2-1-3-5-12)20-9-11(10-20)15-18-14(19-23-15)13-8-16-6-7-17-13/h6-8,11-12H,1-5,9-10H2. The van der Waals surface area contributed by atoms with Crippen LogP contribution in [0.3, 0.4) is 0 Å². The third-order valence-corrected chi connectivity index (χ3v) is 7.10. The summed E-state index contributed by atoms with van der Waals surface area (Å²) in [4.78, 5) is 12.4. The molecule has 1 saturated heterocycles. The molecule has 2 aromatic rings. The molecule has 1 aliphatic heterocycles. The minimum absolute atomic E-state index is 0.0405. The van der Waals surface area contributed by atoms with Gasteiger partial charge in [0.05, 0.1) is 17.4 Å². The summed E-state index contributed by atoms with van der Waals surface area (Å²) < 4.78 is 32.1. The Labute approximate surface area is 140 Å². The van der Waals surface area contributed by atoms with Gasteiger partial charge in [-0.15, -0.1) is 0 Å². The summed E-state index contributed by atoms with van der Waals surface area (Å²) in [6.45, 7) is 0.835. The molecule has 8 nitrogen and oxygen atoms in total. The van der Waals surface area contributed by atoms with Crippen LogP contribution >= 0.6 is 0 Å². The van der Waals surface area contributed by atoms with Crippen LogP contribution in [0.2, 0.25) is 0 Å². The molecule has 0 atom stereocenters. The zero-order valence-electron chi connectivity index (χ0n) is 13.2. The van der Waals surface area contributed by atoms with Gasteiger partial charge in [0.25, 0.3) is 0 Å². The molecule has 4 rings (SSSR count). The molecule has 0 N–H and O–H groups in total. The van der Waals surface area contributed by atoms with E-state index in [-0.39, 0.29) is 11.2 Å². The fraction of sp³-hybridized carbons (Fsp3) is 0.600. The zero-order chi connectivity index (χ0) is 16.6. The maximum Gasteiger partial charge on any atom is 0.232 e. The van der Waals surface area contributed by atoms with Crippen molar-refractivity contribution < 1.29 is 12.9 Å². The van der Waals surface area contributed by atoms with Gasteiger partial charge in [0.15, 0.2) is 0 Å². The molecule has 1 aliphatic carbocycles. The van der Waals surface area contributed by atoms with E-state index < -0.39 is 10.0 Å². The van der Waals surface area contributed by atoms with Gasteiger partial charge in [-0.05, 0) is 12.8 Å². The van der Waals surface area contributed by atoms with E-state index in [4.69, 9.17) is 4.52 Å². The Kier molecular flexibility index (Phi) is 4.05. The van der Waals surface area contributed by atoms with E-state index in [1.165, 1.54) is 0 Å². The van der Waals surface area contributed by atoms with Gasteiger partial charge in [-0.1, -0.05) is 24.4 Å². The maximum absolute atomic E-state index is 12.6. The number of aromatic nitrogens is 4. The van der Waals surface area contributed by atoms with Crippen LogP contribution < -0.4 is 0 Å². The quantitative estimate of drug-likeness (QED) is 0.826. The van der Waals surface area contributed by atoms with Crippen molar-refractivity contribution in [1.29, 1.82) is 0 Å². The Morgan fingerprint density at radius 1 is 1.12 bits per heavy atom. The van der Waals surface area contributed by atoms with E-state index in [1.54, 1.807) is 22.9 Å². The molecule has 2 aromatic heterocycles. The van der Waals surface area contributed by atoms with Crippen LogP contribution in [0.4, 0.5) is 0 Å². The number of rotatable bonds is 4. The SMILES string of the molecule is O=S(=O)(C1CCCCC1)N1CC(c2nc(-c3cnccn3)no2)C1. The number of nitrogens with zero attached hydrogens (tertiary/aromatic N) is 5. The van der Waals surface area contributed by atoms with Gasteiger partial charge < -0.3 is 4.52 Å². The first-order valence-electron chi connectivity index (χ1n) is 8.23. The lowest BCUT2D eigenvalue weighted by atomic mass is 10.0. The third-order valence-electron chi connectivity index (χ3n) is 4.76. The van der Waals surface area contributed by atoms with Gasteiger partial charge in [0, 0.05) is 25.5 Å². The van der Waals surface area contributed by atoms with E-state index in [0.29, 0.717) is 30.5 Å². The molecule has 0 radical (unpaired) electrons. The molecule has 2 fully saturated rings. The number of hydrogen-bond donors (Lipinski definition) is 0. The molecule has 2 aliphatic rings. The van der Waals surface area contributed by atoms with Gasteiger partial charge in [-0.2, -0.15) is 9.29 Å². The first kappa shape index (κ1) is 15.6. The summed E-state index contributed by atoms with van der Waals surface area (Å²) in [6.07, 6.45) is 9.41. The van der Waals surface area contributed by atoms with Crippen molar-refractivity contribution in [2.75, 3.05) is 13.1 Å². The molecule has 0 unspecified atom stereocenters. The Morgan fingerprint density at radius 3 is 2.62 bits per heavy atom. The summed E-state index contributed by atoms with van der Waals surface area (Å²) in [5, 5.41) is 3.69. The van der Waals surface area contributed by atoms with E-state index in [9.17, 15) is 8.42 Å². The number of sulfonamides is 1. The topological polar surface area (TPSA) is 102 Å². The van der Waals surface area contributed by atoms with E-state index in [0.717, 1.165) is 32.1 Å². The molecule has 0 amide bonds. The summed E-state index contributed by atoms with van der Waals surface area (Å²) in [5.74, 6) is 0.804. The van der Waals surface area contributed by atoms with E-state index in [2.05, 4.69) is 20.1 Å². The second-order valence-electron chi connectivity index (χ2n) is 6.37. The molecule has 128 valence electrons. The monoisotopic (exact) mass is 349 g/mol. The molecule has 0 spiro atoms. The first-order chi connectivity index (χ1) is 11.6. The molecule has 0 bridgehead atoms. The summed E-state index contributed by atoms with van der Waals surface area (Å²) in [7, 11) is -3.19. The smallest absolute Gasteiger partial charge is 0.232 e. The normalized spacial score (nSPS) is 20.8. The van der Waals surface area contributed by atoms with Crippen molar-refractivity contribution in [2.45, 2.75) is 43.3 Å². The van der Waals surface area contributed by atoms with Crippen molar-refractivity contribution in [3.8, 4) is 11.5 Å². The second kappa shape index (κ2) is 6.21. The minimum Gasteiger partial charge on any atom is -0.339 e. The van der Waals surface area contributed by atoms with Gasteiger partial charge >= 0.3 is 0 Å². The molecule has 0 aromatic carbocycles. The van der Waals surface area contributed by atoms with Gasteiger partial charge in [0.1, 0.15) is 5.69 Å². The maximum atomic E-state index is 12.6. The summed E-state index contributed by atoms with van der Waals surface area (Å²) >= 11 is 0. The van der Waals surface area contributed by atoms with E-state index in [1.807, 2.05) is 0 Å². The number of hydrogen-bond acceptors (Lipinski definition) is 7. The Morgan fingerprint density at radius 2 is 1.92 bits per heavy atom. The van der Waals surface area contributed by atoms with Crippen LogP contribution in [0, 0.1) is 0 Å². The molecule has 1 saturated carbocycles. The second-order valence-corrected chi connectivity index (χ2v) is 8.58. The predicted molar refractivity (Wildman–Crippen MR) is 85.4 cm³/mol.